The van der Waals surface area contributed by atoms with Gasteiger partial charge in [-0.15, -0.1) is 0 Å². The fourth-order valence-electron chi connectivity index (χ4n) is 3.33. The van der Waals surface area contributed by atoms with Crippen molar-refractivity contribution in [3.05, 3.63) is 65.5 Å². The predicted octanol–water partition coefficient (Wildman–Crippen LogP) is 4.20. The molecule has 8 heteroatoms. The first-order chi connectivity index (χ1) is 14.5. The van der Waals surface area contributed by atoms with Crippen molar-refractivity contribution >= 4 is 32.6 Å². The quantitative estimate of drug-likeness (QED) is 0.466. The highest BCUT2D eigenvalue weighted by molar-refractivity contribution is 7.22. The molecule has 4 rings (SSSR count). The summed E-state index contributed by atoms with van der Waals surface area (Å²) in [4.78, 5) is 19.9. The first-order valence-electron chi connectivity index (χ1n) is 9.39. The van der Waals surface area contributed by atoms with Crippen molar-refractivity contribution in [3.8, 4) is 11.5 Å². The number of nitrogens with zero attached hydrogens (tertiary/aromatic N) is 4. The molecule has 0 atom stereocenters. The molecule has 0 spiro atoms. The number of ether oxygens (including phenoxy) is 2. The Morgan fingerprint density at radius 3 is 2.43 bits per heavy atom. The SMILES string of the molecule is COc1ccc(OC)c2sc(N(Cc3ccccc3)C(=O)c3nn(C)cc3C)nc12. The zero-order valence-corrected chi connectivity index (χ0v) is 18.1. The zero-order valence-electron chi connectivity index (χ0n) is 17.2. The van der Waals surface area contributed by atoms with Crippen molar-refractivity contribution in [1.29, 1.82) is 0 Å². The second-order valence-corrected chi connectivity index (χ2v) is 7.83. The number of benzene rings is 2. The standard InChI is InChI=1S/C22H22N4O3S/c1-14-12-25(2)24-18(14)21(27)26(13-15-8-6-5-7-9-15)22-23-19-16(28-3)10-11-17(29-4)20(19)30-22/h5-12H,13H2,1-4H3. The maximum Gasteiger partial charge on any atom is 0.281 e. The predicted molar refractivity (Wildman–Crippen MR) is 118 cm³/mol. The summed E-state index contributed by atoms with van der Waals surface area (Å²) in [6, 6.07) is 13.5. The van der Waals surface area contributed by atoms with Crippen LogP contribution in [0.4, 0.5) is 5.13 Å². The van der Waals surface area contributed by atoms with Crippen molar-refractivity contribution in [2.75, 3.05) is 19.1 Å². The van der Waals surface area contributed by atoms with Gasteiger partial charge in [0.2, 0.25) is 0 Å². The fraction of sp³-hybridized carbons (Fsp3) is 0.227. The average Bonchev–Trinajstić information content (AvgIpc) is 3.34. The summed E-state index contributed by atoms with van der Waals surface area (Å²) in [5.74, 6) is 1.12. The number of carbonyl (C=O) groups excluding carboxylic acids is 1. The van der Waals surface area contributed by atoms with Crippen LogP contribution in [-0.2, 0) is 13.6 Å². The molecule has 7 nitrogen and oxygen atoms in total. The van der Waals surface area contributed by atoms with Gasteiger partial charge in [0.05, 0.1) is 20.8 Å². The number of aryl methyl sites for hydroxylation is 2. The summed E-state index contributed by atoms with van der Waals surface area (Å²) in [5, 5.41) is 4.93. The Hall–Kier alpha value is -3.39. The fourth-order valence-corrected chi connectivity index (χ4v) is 4.40. The molecule has 0 aliphatic rings. The first kappa shape index (κ1) is 19.9. The smallest absolute Gasteiger partial charge is 0.281 e. The molecule has 2 heterocycles. The number of aromatic nitrogens is 3. The second kappa shape index (κ2) is 8.16. The lowest BCUT2D eigenvalue weighted by molar-refractivity contribution is 0.0979. The van der Waals surface area contributed by atoms with Crippen LogP contribution in [0.5, 0.6) is 11.5 Å². The number of rotatable bonds is 6. The van der Waals surface area contributed by atoms with E-state index in [-0.39, 0.29) is 5.91 Å². The van der Waals surface area contributed by atoms with E-state index in [0.717, 1.165) is 15.8 Å². The number of thiazole rings is 1. The van der Waals surface area contributed by atoms with Crippen LogP contribution < -0.4 is 14.4 Å². The Morgan fingerprint density at radius 1 is 1.10 bits per heavy atom. The molecule has 1 amide bonds. The van der Waals surface area contributed by atoms with Crippen LogP contribution in [-0.4, -0.2) is 34.9 Å². The zero-order chi connectivity index (χ0) is 21.3. The van der Waals surface area contributed by atoms with Crippen molar-refractivity contribution in [2.45, 2.75) is 13.5 Å². The van der Waals surface area contributed by atoms with E-state index >= 15 is 0 Å². The molecular weight excluding hydrogens is 400 g/mol. The molecule has 2 aromatic heterocycles. The summed E-state index contributed by atoms with van der Waals surface area (Å²) in [5.41, 5.74) is 2.89. The van der Waals surface area contributed by atoms with E-state index in [1.54, 1.807) is 30.8 Å². The average molecular weight is 423 g/mol. The summed E-state index contributed by atoms with van der Waals surface area (Å²) >= 11 is 1.40. The highest BCUT2D eigenvalue weighted by atomic mass is 32.1. The van der Waals surface area contributed by atoms with Crippen LogP contribution in [0.15, 0.2) is 48.7 Å². The van der Waals surface area contributed by atoms with E-state index in [0.29, 0.717) is 34.4 Å². The van der Waals surface area contributed by atoms with Gasteiger partial charge >= 0.3 is 0 Å². The maximum atomic E-state index is 13.5. The Bertz CT molecular complexity index is 1160. The van der Waals surface area contributed by atoms with Crippen LogP contribution in [0.25, 0.3) is 10.2 Å². The maximum absolute atomic E-state index is 13.5. The minimum Gasteiger partial charge on any atom is -0.495 e. The number of amides is 1. The number of carbonyl (C=O) groups is 1. The number of fused-ring (bicyclic) bond motifs is 1. The summed E-state index contributed by atoms with van der Waals surface area (Å²) in [6.07, 6.45) is 1.83. The number of hydrogen-bond acceptors (Lipinski definition) is 6. The van der Waals surface area contributed by atoms with Crippen LogP contribution in [0.1, 0.15) is 21.6 Å². The minimum absolute atomic E-state index is 0.200. The molecule has 2 aromatic carbocycles. The van der Waals surface area contributed by atoms with E-state index < -0.39 is 0 Å². The molecule has 0 aliphatic heterocycles. The van der Waals surface area contributed by atoms with Gasteiger partial charge in [0.15, 0.2) is 10.8 Å². The van der Waals surface area contributed by atoms with Gasteiger partial charge in [-0.1, -0.05) is 41.7 Å². The molecule has 30 heavy (non-hydrogen) atoms. The van der Waals surface area contributed by atoms with Crippen molar-refractivity contribution in [1.82, 2.24) is 14.8 Å². The van der Waals surface area contributed by atoms with E-state index in [9.17, 15) is 4.79 Å². The molecule has 4 aromatic rings. The molecule has 0 radical (unpaired) electrons. The van der Waals surface area contributed by atoms with E-state index in [4.69, 9.17) is 14.5 Å². The van der Waals surface area contributed by atoms with E-state index in [2.05, 4.69) is 5.10 Å². The summed E-state index contributed by atoms with van der Waals surface area (Å²) < 4.78 is 13.5. The highest BCUT2D eigenvalue weighted by Gasteiger charge is 2.26. The Balaban J connectivity index is 1.85. The van der Waals surface area contributed by atoms with Crippen molar-refractivity contribution in [2.24, 2.45) is 7.05 Å². The molecule has 0 N–H and O–H groups in total. The van der Waals surface area contributed by atoms with Crippen LogP contribution in [0.2, 0.25) is 0 Å². The van der Waals surface area contributed by atoms with E-state index in [1.807, 2.05) is 55.6 Å². The van der Waals surface area contributed by atoms with Crippen molar-refractivity contribution < 1.29 is 14.3 Å². The van der Waals surface area contributed by atoms with Gasteiger partial charge in [0.1, 0.15) is 21.7 Å². The third-order valence-electron chi connectivity index (χ3n) is 4.77. The summed E-state index contributed by atoms with van der Waals surface area (Å²) in [6.45, 7) is 2.26. The lowest BCUT2D eigenvalue weighted by Gasteiger charge is -2.19. The van der Waals surface area contributed by atoms with Crippen LogP contribution in [0.3, 0.4) is 0 Å². The Labute approximate surface area is 178 Å². The Kier molecular flexibility index (Phi) is 5.41. The molecular formula is C22H22N4O3S. The molecule has 0 fully saturated rings. The normalized spacial score (nSPS) is 10.9. The highest BCUT2D eigenvalue weighted by Crippen LogP contribution is 2.40. The molecule has 0 unspecified atom stereocenters. The summed E-state index contributed by atoms with van der Waals surface area (Å²) in [7, 11) is 5.02. The molecule has 0 bridgehead atoms. The monoisotopic (exact) mass is 422 g/mol. The van der Waals surface area contributed by atoms with E-state index in [1.165, 1.54) is 11.3 Å². The van der Waals surface area contributed by atoms with Gasteiger partial charge in [-0.3, -0.25) is 14.4 Å². The second-order valence-electron chi connectivity index (χ2n) is 6.86. The lowest BCUT2D eigenvalue weighted by atomic mass is 10.2. The first-order valence-corrected chi connectivity index (χ1v) is 10.2. The topological polar surface area (TPSA) is 69.5 Å². The largest absolute Gasteiger partial charge is 0.495 e. The molecule has 0 aliphatic carbocycles. The van der Waals surface area contributed by atoms with Crippen molar-refractivity contribution in [3.63, 3.8) is 0 Å². The number of methoxy groups -OCH3 is 2. The van der Waals surface area contributed by atoms with Gasteiger partial charge in [0, 0.05) is 18.8 Å². The molecule has 154 valence electrons. The third kappa shape index (κ3) is 3.61. The van der Waals surface area contributed by atoms with Gasteiger partial charge in [-0.2, -0.15) is 5.10 Å². The number of anilines is 1. The van der Waals surface area contributed by atoms with Gasteiger partial charge < -0.3 is 9.47 Å². The van der Waals surface area contributed by atoms with Crippen LogP contribution >= 0.6 is 11.3 Å². The van der Waals surface area contributed by atoms with Gasteiger partial charge in [0.25, 0.3) is 5.91 Å². The molecule has 0 saturated heterocycles. The third-order valence-corrected chi connectivity index (χ3v) is 5.87. The van der Waals surface area contributed by atoms with Crippen LogP contribution in [0, 0.1) is 6.92 Å². The lowest BCUT2D eigenvalue weighted by Crippen LogP contribution is -2.31. The molecule has 0 saturated carbocycles. The Morgan fingerprint density at radius 2 is 1.80 bits per heavy atom. The number of hydrogen-bond donors (Lipinski definition) is 0. The van der Waals surface area contributed by atoms with Gasteiger partial charge in [-0.25, -0.2) is 4.98 Å². The minimum atomic E-state index is -0.200. The van der Waals surface area contributed by atoms with Gasteiger partial charge in [-0.05, 0) is 24.6 Å².